The Kier molecular flexibility index (Phi) is 7.48. The predicted octanol–water partition coefficient (Wildman–Crippen LogP) is 1.18. The Hall–Kier alpha value is -4.59. The summed E-state index contributed by atoms with van der Waals surface area (Å²) in [5.74, 6) is -4.59. The highest BCUT2D eigenvalue weighted by atomic mass is 16.7. The normalized spacial score (nSPS) is 24.2. The SMILES string of the molecule is COc1cccc2c1C(=O)c1c(O)c3c(c(O)c1C2=O)C[C@@](O)(C(=O)NCCN1C(=O)C=CC1=O)C[C@@H]3O[C@H]1CCCCO1. The molecule has 2 heterocycles. The van der Waals surface area contributed by atoms with Gasteiger partial charge in [0, 0.05) is 61.4 Å². The first-order chi connectivity index (χ1) is 21.1. The van der Waals surface area contributed by atoms with Crippen molar-refractivity contribution in [3.63, 3.8) is 0 Å². The number of phenols is 2. The molecule has 3 atom stereocenters. The number of benzene rings is 2. The Labute approximate surface area is 251 Å². The number of rotatable bonds is 7. The Morgan fingerprint density at radius 3 is 2.45 bits per heavy atom. The molecule has 0 radical (unpaired) electrons. The minimum absolute atomic E-state index is 0.0354. The van der Waals surface area contributed by atoms with Gasteiger partial charge >= 0.3 is 0 Å². The topological polar surface area (TPSA) is 189 Å². The number of ketones is 2. The quantitative estimate of drug-likeness (QED) is 0.223. The number of fused-ring (bicyclic) bond motifs is 3. The number of methoxy groups -OCH3 is 1. The van der Waals surface area contributed by atoms with Crippen LogP contribution in [0.4, 0.5) is 0 Å². The lowest BCUT2D eigenvalue weighted by Crippen LogP contribution is -2.53. The van der Waals surface area contributed by atoms with Gasteiger partial charge in [-0.05, 0) is 25.3 Å². The number of aliphatic hydroxyl groups is 1. The summed E-state index contributed by atoms with van der Waals surface area (Å²) in [6, 6.07) is 4.42. The van der Waals surface area contributed by atoms with Crippen LogP contribution in [0, 0.1) is 0 Å². The smallest absolute Gasteiger partial charge is 0.253 e. The molecule has 1 saturated heterocycles. The van der Waals surface area contributed by atoms with E-state index in [1.54, 1.807) is 0 Å². The Morgan fingerprint density at radius 2 is 1.77 bits per heavy atom. The maximum Gasteiger partial charge on any atom is 0.253 e. The second-order valence-corrected chi connectivity index (χ2v) is 11.1. The number of nitrogens with zero attached hydrogens (tertiary/aromatic N) is 1. The summed E-state index contributed by atoms with van der Waals surface area (Å²) in [5, 5.41) is 37.3. The third kappa shape index (κ3) is 4.73. The van der Waals surface area contributed by atoms with Crippen molar-refractivity contribution >= 4 is 29.3 Å². The molecule has 0 bridgehead atoms. The zero-order valence-electron chi connectivity index (χ0n) is 23.8. The van der Waals surface area contributed by atoms with E-state index < -0.39 is 82.8 Å². The van der Waals surface area contributed by atoms with Gasteiger partial charge in [-0.3, -0.25) is 28.9 Å². The summed E-state index contributed by atoms with van der Waals surface area (Å²) < 4.78 is 17.2. The van der Waals surface area contributed by atoms with E-state index in [1.165, 1.54) is 25.3 Å². The molecule has 3 amide bonds. The van der Waals surface area contributed by atoms with Crippen molar-refractivity contribution in [2.24, 2.45) is 0 Å². The molecule has 13 heteroatoms. The lowest BCUT2D eigenvalue weighted by atomic mass is 9.72. The van der Waals surface area contributed by atoms with Crippen LogP contribution in [0.2, 0.25) is 0 Å². The van der Waals surface area contributed by atoms with Gasteiger partial charge in [0.2, 0.25) is 5.78 Å². The van der Waals surface area contributed by atoms with Crippen molar-refractivity contribution in [3.05, 3.63) is 63.7 Å². The van der Waals surface area contributed by atoms with E-state index in [0.717, 1.165) is 29.9 Å². The molecular formula is C31H30N2O11. The fourth-order valence-corrected chi connectivity index (χ4v) is 6.31. The van der Waals surface area contributed by atoms with Gasteiger partial charge in [0.15, 0.2) is 12.1 Å². The van der Waals surface area contributed by atoms with Gasteiger partial charge in [-0.15, -0.1) is 0 Å². The molecule has 2 aromatic carbocycles. The van der Waals surface area contributed by atoms with E-state index in [4.69, 9.17) is 14.2 Å². The van der Waals surface area contributed by atoms with Crippen LogP contribution in [0.5, 0.6) is 17.2 Å². The number of amides is 3. The van der Waals surface area contributed by atoms with Gasteiger partial charge in [0.25, 0.3) is 17.7 Å². The van der Waals surface area contributed by atoms with Gasteiger partial charge in [0.1, 0.15) is 22.8 Å². The molecule has 0 unspecified atom stereocenters. The molecule has 6 rings (SSSR count). The summed E-state index contributed by atoms with van der Waals surface area (Å²) in [7, 11) is 1.34. The third-order valence-electron chi connectivity index (χ3n) is 8.47. The van der Waals surface area contributed by atoms with E-state index in [-0.39, 0.29) is 41.1 Å². The molecule has 4 aliphatic rings. The number of imide groups is 1. The minimum Gasteiger partial charge on any atom is -0.507 e. The second-order valence-electron chi connectivity index (χ2n) is 11.1. The fourth-order valence-electron chi connectivity index (χ4n) is 6.31. The van der Waals surface area contributed by atoms with Crippen molar-refractivity contribution in [1.82, 2.24) is 10.2 Å². The van der Waals surface area contributed by atoms with Crippen LogP contribution < -0.4 is 10.1 Å². The van der Waals surface area contributed by atoms with Crippen molar-refractivity contribution in [2.45, 2.75) is 50.1 Å². The van der Waals surface area contributed by atoms with Gasteiger partial charge < -0.3 is 34.8 Å². The fraction of sp³-hybridized carbons (Fsp3) is 0.387. The summed E-state index contributed by atoms with van der Waals surface area (Å²) >= 11 is 0. The average Bonchev–Trinajstić information content (AvgIpc) is 3.33. The number of hydrogen-bond acceptors (Lipinski definition) is 11. The highest BCUT2D eigenvalue weighted by Gasteiger charge is 2.50. The lowest BCUT2D eigenvalue weighted by Gasteiger charge is -2.40. The molecule has 13 nitrogen and oxygen atoms in total. The summed E-state index contributed by atoms with van der Waals surface area (Å²) in [5.41, 5.74) is -3.37. The first-order valence-electron chi connectivity index (χ1n) is 14.2. The predicted molar refractivity (Wildman–Crippen MR) is 149 cm³/mol. The van der Waals surface area contributed by atoms with Gasteiger partial charge in [0.05, 0.1) is 29.9 Å². The average molecular weight is 607 g/mol. The lowest BCUT2D eigenvalue weighted by molar-refractivity contribution is -0.204. The van der Waals surface area contributed by atoms with Crippen LogP contribution in [0.3, 0.4) is 0 Å². The van der Waals surface area contributed by atoms with Crippen LogP contribution in [-0.4, -0.2) is 88.2 Å². The van der Waals surface area contributed by atoms with Crippen LogP contribution in [0.25, 0.3) is 0 Å². The molecule has 2 aliphatic carbocycles. The monoisotopic (exact) mass is 606 g/mol. The number of phenolic OH excluding ortho intramolecular Hbond substituents is 2. The molecule has 0 aromatic heterocycles. The first-order valence-corrected chi connectivity index (χ1v) is 14.2. The minimum atomic E-state index is -2.22. The van der Waals surface area contributed by atoms with E-state index in [2.05, 4.69) is 5.32 Å². The number of ether oxygens (including phenoxy) is 3. The number of aromatic hydroxyl groups is 2. The highest BCUT2D eigenvalue weighted by molar-refractivity contribution is 6.31. The first kappa shape index (κ1) is 29.5. The maximum atomic E-state index is 13.8. The van der Waals surface area contributed by atoms with Gasteiger partial charge in [-0.1, -0.05) is 12.1 Å². The van der Waals surface area contributed by atoms with Crippen LogP contribution >= 0.6 is 0 Å². The van der Waals surface area contributed by atoms with E-state index in [0.29, 0.717) is 13.0 Å². The van der Waals surface area contributed by atoms with Crippen LogP contribution in [-0.2, 0) is 30.3 Å². The molecule has 0 saturated carbocycles. The molecule has 0 spiro atoms. The number of hydrogen-bond donors (Lipinski definition) is 4. The van der Waals surface area contributed by atoms with Gasteiger partial charge in [-0.2, -0.15) is 0 Å². The maximum absolute atomic E-state index is 13.8. The largest absolute Gasteiger partial charge is 0.507 e. The summed E-state index contributed by atoms with van der Waals surface area (Å²) in [4.78, 5) is 65.5. The molecule has 2 aromatic rings. The molecule has 4 N–H and O–H groups in total. The number of nitrogens with one attached hydrogen (secondary N) is 1. The standard InChI is InChI=1S/C31H30N2O11/c1-42-17-6-4-5-15-22(17)28(38)25-24(26(15)36)27(37)16-13-31(41,30(40)32-10-11-33-19(34)8-9-20(33)35)14-18(23(16)29(25)39)44-21-7-2-3-12-43-21/h4-6,8-9,18,21,37,39,41H,2-3,7,10-14H2,1H3,(H,32,40)/t18-,21-,31-/m0/s1. The Bertz CT molecular complexity index is 1620. The van der Waals surface area contributed by atoms with E-state index >= 15 is 0 Å². The number of carbonyl (C=O) groups is 5. The Morgan fingerprint density at radius 1 is 1.05 bits per heavy atom. The third-order valence-corrected chi connectivity index (χ3v) is 8.47. The summed E-state index contributed by atoms with van der Waals surface area (Å²) in [6.07, 6.45) is 1.37. The highest BCUT2D eigenvalue weighted by Crippen LogP contribution is 2.52. The Balaban J connectivity index is 1.39. The van der Waals surface area contributed by atoms with Crippen LogP contribution in [0.15, 0.2) is 30.4 Å². The van der Waals surface area contributed by atoms with Crippen molar-refractivity contribution in [1.29, 1.82) is 0 Å². The summed E-state index contributed by atoms with van der Waals surface area (Å²) in [6.45, 7) is 0.0954. The van der Waals surface area contributed by atoms with E-state index in [9.17, 15) is 39.3 Å². The molecule has 1 fully saturated rings. The number of carbonyl (C=O) groups excluding carboxylic acids is 5. The molecule has 230 valence electrons. The van der Waals surface area contributed by atoms with Crippen molar-refractivity contribution in [2.75, 3.05) is 26.8 Å². The second kappa shape index (κ2) is 11.2. The zero-order chi connectivity index (χ0) is 31.3. The zero-order valence-corrected chi connectivity index (χ0v) is 23.8. The van der Waals surface area contributed by atoms with Crippen molar-refractivity contribution in [3.8, 4) is 17.2 Å². The van der Waals surface area contributed by atoms with Crippen molar-refractivity contribution < 1.29 is 53.5 Å². The molecule has 2 aliphatic heterocycles. The molecule has 44 heavy (non-hydrogen) atoms. The van der Waals surface area contributed by atoms with Gasteiger partial charge in [-0.25, -0.2) is 0 Å². The van der Waals surface area contributed by atoms with E-state index in [1.807, 2.05) is 0 Å². The molecular weight excluding hydrogens is 576 g/mol. The van der Waals surface area contributed by atoms with Crippen LogP contribution in [0.1, 0.15) is 74.8 Å².